The van der Waals surface area contributed by atoms with Crippen molar-refractivity contribution >= 4 is 45.8 Å². The van der Waals surface area contributed by atoms with Gasteiger partial charge in [-0.15, -0.1) is 0 Å². The second kappa shape index (κ2) is 6.39. The normalized spacial score (nSPS) is 15.6. The number of hydrogen-bond donors (Lipinski definition) is 0. The molecule has 0 saturated heterocycles. The minimum absolute atomic E-state index is 0.517. The first kappa shape index (κ1) is 15.5. The standard InChI is InChI=1S/C16H15Cl2IN2/c1-9-8-11(17)6-7-12(9)16-20-14(10-4-2-3-5-10)13(19)15(18)21-16/h6-8,10H,2-5H2,1H3. The lowest BCUT2D eigenvalue weighted by Crippen LogP contribution is -2.05. The maximum Gasteiger partial charge on any atom is 0.161 e. The summed E-state index contributed by atoms with van der Waals surface area (Å²) < 4.78 is 0.997. The first-order valence-corrected chi connectivity index (χ1v) is 8.89. The molecule has 110 valence electrons. The van der Waals surface area contributed by atoms with E-state index in [2.05, 4.69) is 27.6 Å². The Labute approximate surface area is 148 Å². The Morgan fingerprint density at radius 1 is 1.14 bits per heavy atom. The van der Waals surface area contributed by atoms with Crippen molar-refractivity contribution in [3.05, 3.63) is 43.2 Å². The van der Waals surface area contributed by atoms with Crippen LogP contribution in [0.15, 0.2) is 18.2 Å². The third kappa shape index (κ3) is 3.20. The Bertz CT molecular complexity index is 682. The molecular weight excluding hydrogens is 418 g/mol. The number of rotatable bonds is 2. The molecule has 0 radical (unpaired) electrons. The van der Waals surface area contributed by atoms with Gasteiger partial charge < -0.3 is 0 Å². The topological polar surface area (TPSA) is 25.8 Å². The van der Waals surface area contributed by atoms with Crippen LogP contribution in [0.5, 0.6) is 0 Å². The molecule has 0 unspecified atom stereocenters. The van der Waals surface area contributed by atoms with E-state index < -0.39 is 0 Å². The fourth-order valence-corrected chi connectivity index (χ4v) is 3.99. The molecule has 0 aliphatic heterocycles. The molecular formula is C16H15Cl2IN2. The molecule has 2 nitrogen and oxygen atoms in total. The van der Waals surface area contributed by atoms with Gasteiger partial charge in [0.15, 0.2) is 5.82 Å². The van der Waals surface area contributed by atoms with Crippen molar-refractivity contribution in [2.75, 3.05) is 0 Å². The molecule has 0 atom stereocenters. The van der Waals surface area contributed by atoms with Crippen LogP contribution in [0.3, 0.4) is 0 Å². The molecule has 2 aromatic rings. The molecule has 0 N–H and O–H groups in total. The highest BCUT2D eigenvalue weighted by molar-refractivity contribution is 14.1. The van der Waals surface area contributed by atoms with E-state index in [1.165, 1.54) is 25.7 Å². The lowest BCUT2D eigenvalue weighted by Gasteiger charge is -2.14. The van der Waals surface area contributed by atoms with Crippen LogP contribution in [0.2, 0.25) is 10.2 Å². The van der Waals surface area contributed by atoms with Gasteiger partial charge in [0.1, 0.15) is 5.15 Å². The molecule has 1 aromatic heterocycles. The van der Waals surface area contributed by atoms with Crippen molar-refractivity contribution in [3.8, 4) is 11.4 Å². The SMILES string of the molecule is Cc1cc(Cl)ccc1-c1nc(Cl)c(I)c(C2CCCC2)n1. The van der Waals surface area contributed by atoms with Gasteiger partial charge in [0.25, 0.3) is 0 Å². The van der Waals surface area contributed by atoms with Crippen LogP contribution < -0.4 is 0 Å². The van der Waals surface area contributed by atoms with Crippen molar-refractivity contribution in [2.24, 2.45) is 0 Å². The summed E-state index contributed by atoms with van der Waals surface area (Å²) in [6.45, 7) is 2.02. The second-order valence-corrected chi connectivity index (χ2v) is 7.35. The van der Waals surface area contributed by atoms with E-state index >= 15 is 0 Å². The van der Waals surface area contributed by atoms with E-state index in [1.807, 2.05) is 25.1 Å². The van der Waals surface area contributed by atoms with Crippen molar-refractivity contribution in [3.63, 3.8) is 0 Å². The number of halogens is 3. The number of benzene rings is 1. The Kier molecular flexibility index (Phi) is 4.71. The third-order valence-corrected chi connectivity index (χ3v) is 5.90. The number of nitrogens with zero attached hydrogens (tertiary/aromatic N) is 2. The van der Waals surface area contributed by atoms with Gasteiger partial charge in [0, 0.05) is 16.5 Å². The zero-order chi connectivity index (χ0) is 15.0. The highest BCUT2D eigenvalue weighted by Crippen LogP contribution is 2.38. The summed E-state index contributed by atoms with van der Waals surface area (Å²) in [7, 11) is 0. The minimum Gasteiger partial charge on any atom is -0.232 e. The van der Waals surface area contributed by atoms with Gasteiger partial charge in [-0.3, -0.25) is 0 Å². The maximum atomic E-state index is 6.35. The smallest absolute Gasteiger partial charge is 0.161 e. The Balaban J connectivity index is 2.10. The monoisotopic (exact) mass is 432 g/mol. The summed E-state index contributed by atoms with van der Waals surface area (Å²) in [6.07, 6.45) is 4.94. The van der Waals surface area contributed by atoms with E-state index in [9.17, 15) is 0 Å². The Morgan fingerprint density at radius 3 is 2.52 bits per heavy atom. The van der Waals surface area contributed by atoms with E-state index in [0.29, 0.717) is 16.9 Å². The number of aromatic nitrogens is 2. The molecule has 3 rings (SSSR count). The highest BCUT2D eigenvalue weighted by Gasteiger charge is 2.24. The van der Waals surface area contributed by atoms with Crippen LogP contribution in [-0.2, 0) is 0 Å². The minimum atomic E-state index is 0.517. The summed E-state index contributed by atoms with van der Waals surface area (Å²) in [4.78, 5) is 9.30. The number of hydrogen-bond acceptors (Lipinski definition) is 2. The predicted octanol–water partition coefficient (Wildman–Crippen LogP) is 6.02. The lowest BCUT2D eigenvalue weighted by molar-refractivity contribution is 0.690. The Morgan fingerprint density at radius 2 is 1.86 bits per heavy atom. The zero-order valence-electron chi connectivity index (χ0n) is 11.7. The van der Waals surface area contributed by atoms with Gasteiger partial charge in [-0.2, -0.15) is 0 Å². The highest BCUT2D eigenvalue weighted by atomic mass is 127. The quantitative estimate of drug-likeness (QED) is 0.428. The molecule has 1 aromatic carbocycles. The molecule has 0 spiro atoms. The summed E-state index contributed by atoms with van der Waals surface area (Å²) in [5, 5.41) is 1.28. The largest absolute Gasteiger partial charge is 0.232 e. The molecule has 0 bridgehead atoms. The summed E-state index contributed by atoms with van der Waals surface area (Å²) in [5.74, 6) is 1.22. The third-order valence-electron chi connectivity index (χ3n) is 4.01. The van der Waals surface area contributed by atoms with Gasteiger partial charge >= 0.3 is 0 Å². The fraction of sp³-hybridized carbons (Fsp3) is 0.375. The Hall–Kier alpha value is -0.390. The zero-order valence-corrected chi connectivity index (χ0v) is 15.3. The van der Waals surface area contributed by atoms with Crippen molar-refractivity contribution < 1.29 is 0 Å². The summed E-state index contributed by atoms with van der Waals surface area (Å²) in [5.41, 5.74) is 3.17. The first-order chi connectivity index (χ1) is 10.1. The van der Waals surface area contributed by atoms with E-state index in [4.69, 9.17) is 28.2 Å². The maximum absolute atomic E-state index is 6.35. The van der Waals surface area contributed by atoms with Crippen LogP contribution >= 0.6 is 45.8 Å². The average molecular weight is 433 g/mol. The molecule has 1 aliphatic rings. The molecule has 1 saturated carbocycles. The van der Waals surface area contributed by atoms with Crippen molar-refractivity contribution in [2.45, 2.75) is 38.5 Å². The predicted molar refractivity (Wildman–Crippen MR) is 96.2 cm³/mol. The van der Waals surface area contributed by atoms with E-state index in [-0.39, 0.29) is 0 Å². The number of aryl methyl sites for hydroxylation is 1. The summed E-state index contributed by atoms with van der Waals surface area (Å²) in [6, 6.07) is 5.77. The van der Waals surface area contributed by atoms with Crippen molar-refractivity contribution in [1.82, 2.24) is 9.97 Å². The van der Waals surface area contributed by atoms with Crippen LogP contribution in [0.25, 0.3) is 11.4 Å². The summed E-state index contributed by atoms with van der Waals surface area (Å²) >= 11 is 14.6. The van der Waals surface area contributed by atoms with Crippen LogP contribution in [0.4, 0.5) is 0 Å². The molecule has 1 aliphatic carbocycles. The van der Waals surface area contributed by atoms with Crippen molar-refractivity contribution in [1.29, 1.82) is 0 Å². The van der Waals surface area contributed by atoms with Gasteiger partial charge in [-0.25, -0.2) is 9.97 Å². The van der Waals surface area contributed by atoms with Crippen LogP contribution in [-0.4, -0.2) is 9.97 Å². The second-order valence-electron chi connectivity index (χ2n) is 5.48. The molecule has 1 fully saturated rings. The average Bonchev–Trinajstić information content (AvgIpc) is 2.96. The molecule has 1 heterocycles. The molecule has 0 amide bonds. The van der Waals surface area contributed by atoms with Gasteiger partial charge in [0.2, 0.25) is 0 Å². The molecule has 5 heteroatoms. The van der Waals surface area contributed by atoms with E-state index in [0.717, 1.165) is 25.4 Å². The van der Waals surface area contributed by atoms with Crippen LogP contribution in [0, 0.1) is 10.5 Å². The van der Waals surface area contributed by atoms with E-state index in [1.54, 1.807) is 0 Å². The fourth-order valence-electron chi connectivity index (χ4n) is 2.90. The van der Waals surface area contributed by atoms with Gasteiger partial charge in [-0.1, -0.05) is 36.0 Å². The lowest BCUT2D eigenvalue weighted by atomic mass is 10.0. The van der Waals surface area contributed by atoms with Crippen LogP contribution in [0.1, 0.15) is 42.9 Å². The first-order valence-electron chi connectivity index (χ1n) is 7.05. The van der Waals surface area contributed by atoms with Gasteiger partial charge in [0.05, 0.1) is 9.26 Å². The van der Waals surface area contributed by atoms with Gasteiger partial charge in [-0.05, 0) is 66.1 Å². The molecule has 21 heavy (non-hydrogen) atoms.